The topological polar surface area (TPSA) is 63.7 Å². The van der Waals surface area contributed by atoms with E-state index in [4.69, 9.17) is 21.1 Å². The predicted octanol–water partition coefficient (Wildman–Crippen LogP) is 1.33. The van der Waals surface area contributed by atoms with Crippen LogP contribution in [-0.4, -0.2) is 61.7 Å². The second-order valence-electron chi connectivity index (χ2n) is 5.03. The zero-order valence-corrected chi connectivity index (χ0v) is 13.4. The van der Waals surface area contributed by atoms with Crippen LogP contribution in [0, 0.1) is 0 Å². The lowest BCUT2D eigenvalue weighted by molar-refractivity contribution is -0.134. The highest BCUT2D eigenvalue weighted by atomic mass is 35.5. The lowest BCUT2D eigenvalue weighted by Gasteiger charge is -2.34. The fraction of sp³-hybridized carbons (Fsp3) is 0.571. The molecular formula is C14H18ClF2N3O3. The Bertz CT molecular complexity index is 548. The van der Waals surface area contributed by atoms with E-state index in [9.17, 15) is 13.6 Å². The van der Waals surface area contributed by atoms with Crippen molar-refractivity contribution in [3.05, 3.63) is 22.8 Å². The lowest BCUT2D eigenvalue weighted by atomic mass is 10.2. The van der Waals surface area contributed by atoms with Gasteiger partial charge in [0.15, 0.2) is 0 Å². The van der Waals surface area contributed by atoms with Crippen LogP contribution in [0.2, 0.25) is 5.02 Å². The van der Waals surface area contributed by atoms with E-state index in [0.29, 0.717) is 29.6 Å². The van der Waals surface area contributed by atoms with Gasteiger partial charge in [0, 0.05) is 19.3 Å². The van der Waals surface area contributed by atoms with E-state index in [2.05, 4.69) is 10.3 Å². The SMILES string of the molecule is COc1ncc(CNC(=O)C2COCCN2CC(F)F)cc1Cl. The van der Waals surface area contributed by atoms with Crippen LogP contribution in [0.1, 0.15) is 5.56 Å². The molecule has 1 unspecified atom stereocenters. The van der Waals surface area contributed by atoms with E-state index in [-0.39, 0.29) is 19.1 Å². The third-order valence-electron chi connectivity index (χ3n) is 3.44. The molecule has 9 heteroatoms. The summed E-state index contributed by atoms with van der Waals surface area (Å²) in [5.74, 6) is -0.0668. The average Bonchev–Trinajstić information content (AvgIpc) is 2.52. The van der Waals surface area contributed by atoms with Gasteiger partial charge in [-0.15, -0.1) is 0 Å². The third kappa shape index (κ3) is 4.98. The molecule has 1 saturated heterocycles. The van der Waals surface area contributed by atoms with Crippen molar-refractivity contribution in [1.29, 1.82) is 0 Å². The summed E-state index contributed by atoms with van der Waals surface area (Å²) in [6.45, 7) is 0.485. The fourth-order valence-corrected chi connectivity index (χ4v) is 2.56. The molecule has 1 amide bonds. The maximum Gasteiger partial charge on any atom is 0.251 e. The number of nitrogens with zero attached hydrogens (tertiary/aromatic N) is 2. The molecule has 1 aromatic rings. The Morgan fingerprint density at radius 2 is 2.43 bits per heavy atom. The van der Waals surface area contributed by atoms with Gasteiger partial charge >= 0.3 is 0 Å². The number of nitrogens with one attached hydrogen (secondary N) is 1. The lowest BCUT2D eigenvalue weighted by Crippen LogP contribution is -2.54. The maximum absolute atomic E-state index is 12.6. The summed E-state index contributed by atoms with van der Waals surface area (Å²) >= 11 is 5.96. The van der Waals surface area contributed by atoms with Crippen LogP contribution in [0.5, 0.6) is 5.88 Å². The predicted molar refractivity (Wildman–Crippen MR) is 79.8 cm³/mol. The highest BCUT2D eigenvalue weighted by Crippen LogP contribution is 2.21. The Morgan fingerprint density at radius 3 is 3.09 bits per heavy atom. The molecule has 23 heavy (non-hydrogen) atoms. The molecule has 0 bridgehead atoms. The van der Waals surface area contributed by atoms with Gasteiger partial charge in [0.05, 0.1) is 26.9 Å². The number of aromatic nitrogens is 1. The summed E-state index contributed by atoms with van der Waals surface area (Å²) in [7, 11) is 1.45. The first-order valence-corrected chi connectivity index (χ1v) is 7.45. The van der Waals surface area contributed by atoms with Crippen molar-refractivity contribution in [2.75, 3.05) is 33.4 Å². The number of ether oxygens (including phenoxy) is 2. The number of hydrogen-bond donors (Lipinski definition) is 1. The molecule has 1 N–H and O–H groups in total. The summed E-state index contributed by atoms with van der Waals surface area (Å²) < 4.78 is 35.3. The standard InChI is InChI=1S/C14H18ClF2N3O3/c1-22-14-10(15)4-9(6-19-14)5-18-13(21)11-8-23-3-2-20(11)7-12(16)17/h4,6,11-12H,2-3,5,7-8H2,1H3,(H,18,21). The van der Waals surface area contributed by atoms with E-state index < -0.39 is 19.0 Å². The largest absolute Gasteiger partial charge is 0.480 e. The number of pyridine rings is 1. The van der Waals surface area contributed by atoms with E-state index >= 15 is 0 Å². The van der Waals surface area contributed by atoms with Crippen molar-refractivity contribution >= 4 is 17.5 Å². The number of halogens is 3. The van der Waals surface area contributed by atoms with Crippen molar-refractivity contribution in [2.24, 2.45) is 0 Å². The van der Waals surface area contributed by atoms with Gasteiger partial charge in [-0.2, -0.15) is 0 Å². The van der Waals surface area contributed by atoms with Crippen LogP contribution in [0.15, 0.2) is 12.3 Å². The van der Waals surface area contributed by atoms with Crippen LogP contribution in [0.3, 0.4) is 0 Å². The van der Waals surface area contributed by atoms with Gasteiger partial charge in [0.1, 0.15) is 11.1 Å². The van der Waals surface area contributed by atoms with Crippen molar-refractivity contribution < 1.29 is 23.0 Å². The Labute approximate surface area is 137 Å². The monoisotopic (exact) mass is 349 g/mol. The minimum atomic E-state index is -2.49. The first-order valence-electron chi connectivity index (χ1n) is 7.07. The second-order valence-corrected chi connectivity index (χ2v) is 5.44. The number of hydrogen-bond acceptors (Lipinski definition) is 5. The van der Waals surface area contributed by atoms with Gasteiger partial charge in [0.25, 0.3) is 6.43 Å². The molecule has 0 aliphatic carbocycles. The minimum absolute atomic E-state index is 0.0974. The quantitative estimate of drug-likeness (QED) is 0.839. The fourth-order valence-electron chi connectivity index (χ4n) is 2.29. The minimum Gasteiger partial charge on any atom is -0.480 e. The van der Waals surface area contributed by atoms with Crippen molar-refractivity contribution in [2.45, 2.75) is 19.0 Å². The second kappa shape index (κ2) is 8.37. The summed E-state index contributed by atoms with van der Waals surface area (Å²) in [5.41, 5.74) is 0.682. The van der Waals surface area contributed by atoms with E-state index in [1.165, 1.54) is 18.2 Å². The van der Waals surface area contributed by atoms with Gasteiger partial charge in [-0.25, -0.2) is 13.8 Å². The first kappa shape index (κ1) is 17.8. The van der Waals surface area contributed by atoms with Crippen LogP contribution in [0.4, 0.5) is 8.78 Å². The first-order chi connectivity index (χ1) is 11.0. The summed E-state index contributed by atoms with van der Waals surface area (Å²) in [5, 5.41) is 3.02. The molecule has 0 spiro atoms. The molecule has 2 heterocycles. The molecule has 0 radical (unpaired) electrons. The smallest absolute Gasteiger partial charge is 0.251 e. The maximum atomic E-state index is 12.6. The van der Waals surface area contributed by atoms with Crippen LogP contribution in [0.25, 0.3) is 0 Å². The van der Waals surface area contributed by atoms with Crippen LogP contribution in [-0.2, 0) is 16.1 Å². The Morgan fingerprint density at radius 1 is 1.65 bits per heavy atom. The molecule has 1 fully saturated rings. The van der Waals surface area contributed by atoms with Crippen molar-refractivity contribution in [3.8, 4) is 5.88 Å². The van der Waals surface area contributed by atoms with Gasteiger partial charge in [-0.3, -0.25) is 9.69 Å². The van der Waals surface area contributed by atoms with E-state index in [1.807, 2.05) is 0 Å². The molecule has 128 valence electrons. The summed E-state index contributed by atoms with van der Waals surface area (Å²) in [6.07, 6.45) is -0.966. The van der Waals surface area contributed by atoms with Crippen LogP contribution < -0.4 is 10.1 Å². The van der Waals surface area contributed by atoms with Crippen molar-refractivity contribution in [3.63, 3.8) is 0 Å². The Balaban J connectivity index is 1.93. The molecule has 1 aliphatic rings. The molecular weight excluding hydrogens is 332 g/mol. The molecule has 0 saturated carbocycles. The summed E-state index contributed by atoms with van der Waals surface area (Å²) in [6, 6.07) is 0.904. The zero-order valence-electron chi connectivity index (χ0n) is 12.6. The molecule has 1 atom stereocenters. The van der Waals surface area contributed by atoms with Gasteiger partial charge in [-0.05, 0) is 11.6 Å². The third-order valence-corrected chi connectivity index (χ3v) is 3.71. The normalized spacial score (nSPS) is 18.9. The van der Waals surface area contributed by atoms with Gasteiger partial charge in [-0.1, -0.05) is 11.6 Å². The molecule has 6 nitrogen and oxygen atoms in total. The molecule has 1 aromatic heterocycles. The number of rotatable bonds is 6. The number of methoxy groups -OCH3 is 1. The average molecular weight is 350 g/mol. The van der Waals surface area contributed by atoms with Gasteiger partial charge in [0.2, 0.25) is 11.8 Å². The van der Waals surface area contributed by atoms with Gasteiger partial charge < -0.3 is 14.8 Å². The summed E-state index contributed by atoms with van der Waals surface area (Å²) in [4.78, 5) is 17.7. The number of alkyl halides is 2. The highest BCUT2D eigenvalue weighted by Gasteiger charge is 2.30. The van der Waals surface area contributed by atoms with Crippen LogP contribution >= 0.6 is 11.6 Å². The molecule has 0 aromatic carbocycles. The number of morpholine rings is 1. The zero-order chi connectivity index (χ0) is 16.8. The van der Waals surface area contributed by atoms with E-state index in [0.717, 1.165) is 0 Å². The van der Waals surface area contributed by atoms with Crippen molar-refractivity contribution in [1.82, 2.24) is 15.2 Å². The number of amides is 1. The Hall–Kier alpha value is -1.51. The molecule has 1 aliphatic heterocycles. The number of carbonyl (C=O) groups excluding carboxylic acids is 1. The highest BCUT2D eigenvalue weighted by molar-refractivity contribution is 6.31. The number of carbonyl (C=O) groups is 1. The Kier molecular flexibility index (Phi) is 6.49. The molecule has 2 rings (SSSR count). The van der Waals surface area contributed by atoms with E-state index in [1.54, 1.807) is 6.07 Å².